The topological polar surface area (TPSA) is 20.2 Å². The molecule has 0 aromatic heterocycles. The van der Waals surface area contributed by atoms with Gasteiger partial charge >= 0.3 is 0 Å². The Bertz CT molecular complexity index is 705. The van der Waals surface area contributed by atoms with Gasteiger partial charge in [-0.1, -0.05) is 53.2 Å². The number of allylic oxidation sites excluding steroid dienone is 2. The first kappa shape index (κ1) is 20.6. The van der Waals surface area contributed by atoms with Gasteiger partial charge in [0.05, 0.1) is 6.10 Å². The van der Waals surface area contributed by atoms with E-state index in [1.54, 1.807) is 0 Å². The van der Waals surface area contributed by atoms with E-state index in [0.717, 1.165) is 30.1 Å². The third-order valence-electron chi connectivity index (χ3n) is 11.8. The predicted octanol–water partition coefficient (Wildman–Crippen LogP) is 7.39. The van der Waals surface area contributed by atoms with E-state index in [2.05, 4.69) is 47.6 Å². The maximum atomic E-state index is 10.6. The summed E-state index contributed by atoms with van der Waals surface area (Å²) in [5, 5.41) is 10.6. The van der Waals surface area contributed by atoms with Crippen molar-refractivity contribution in [2.24, 2.45) is 51.2 Å². The Morgan fingerprint density at radius 3 is 2.31 bits per heavy atom. The zero-order chi connectivity index (χ0) is 20.8. The van der Waals surface area contributed by atoms with Crippen LogP contribution in [0.15, 0.2) is 11.6 Å². The lowest BCUT2D eigenvalue weighted by Gasteiger charge is -2.66. The summed E-state index contributed by atoms with van der Waals surface area (Å²) in [5.74, 6) is 3.69. The number of hydrogen-bond acceptors (Lipinski definition) is 1. The third kappa shape index (κ3) is 2.81. The molecule has 164 valence electrons. The van der Waals surface area contributed by atoms with Gasteiger partial charge < -0.3 is 5.11 Å². The summed E-state index contributed by atoms with van der Waals surface area (Å²) in [6.07, 6.45) is 16.2. The van der Waals surface area contributed by atoms with Crippen molar-refractivity contribution in [3.05, 3.63) is 11.6 Å². The summed E-state index contributed by atoms with van der Waals surface area (Å²) in [7, 11) is 0. The summed E-state index contributed by atoms with van der Waals surface area (Å²) in [5.41, 5.74) is 3.89. The van der Waals surface area contributed by atoms with E-state index in [0.29, 0.717) is 27.6 Å². The van der Waals surface area contributed by atoms with Crippen LogP contribution in [-0.4, -0.2) is 11.2 Å². The molecule has 0 aromatic rings. The van der Waals surface area contributed by atoms with Crippen LogP contribution >= 0.6 is 0 Å². The summed E-state index contributed by atoms with van der Waals surface area (Å²) in [6, 6.07) is 0. The lowest BCUT2D eigenvalue weighted by atomic mass is 9.38. The average molecular weight is 399 g/mol. The molecule has 1 heteroatoms. The van der Waals surface area contributed by atoms with Gasteiger partial charge in [-0.2, -0.15) is 0 Å². The van der Waals surface area contributed by atoms with Crippen molar-refractivity contribution in [2.45, 2.75) is 112 Å². The Morgan fingerprint density at radius 1 is 0.828 bits per heavy atom. The van der Waals surface area contributed by atoms with Gasteiger partial charge in [0.2, 0.25) is 0 Å². The molecule has 29 heavy (non-hydrogen) atoms. The monoisotopic (exact) mass is 398 g/mol. The first-order valence-electron chi connectivity index (χ1n) is 12.9. The molecule has 4 saturated carbocycles. The average Bonchev–Trinajstić information content (AvgIpc) is 2.65. The fourth-order valence-electron chi connectivity index (χ4n) is 9.80. The van der Waals surface area contributed by atoms with E-state index >= 15 is 0 Å². The number of rotatable bonds is 0. The quantitative estimate of drug-likeness (QED) is 0.422. The molecular formula is C28H46O. The maximum Gasteiger partial charge on any atom is 0.0568 e. The van der Waals surface area contributed by atoms with Crippen molar-refractivity contribution in [3.8, 4) is 0 Å². The lowest BCUT2D eigenvalue weighted by molar-refractivity contribution is -0.156. The second kappa shape index (κ2) is 6.36. The number of hydrogen-bond donors (Lipinski definition) is 1. The Kier molecular flexibility index (Phi) is 4.52. The molecule has 5 aliphatic rings. The van der Waals surface area contributed by atoms with Crippen LogP contribution in [0.5, 0.6) is 0 Å². The Labute approximate surface area is 180 Å². The molecule has 0 saturated heterocycles. The molecule has 0 aromatic carbocycles. The van der Waals surface area contributed by atoms with E-state index in [9.17, 15) is 5.11 Å². The molecule has 4 fully saturated rings. The number of fused-ring (bicyclic) bond motifs is 7. The maximum absolute atomic E-state index is 10.6. The summed E-state index contributed by atoms with van der Waals surface area (Å²) >= 11 is 0. The summed E-state index contributed by atoms with van der Waals surface area (Å²) < 4.78 is 0. The highest BCUT2D eigenvalue weighted by molar-refractivity contribution is 5.28. The van der Waals surface area contributed by atoms with Crippen LogP contribution in [0.2, 0.25) is 0 Å². The molecule has 9 unspecified atom stereocenters. The molecule has 0 heterocycles. The molecule has 5 rings (SSSR count). The first-order valence-corrected chi connectivity index (χ1v) is 12.9. The van der Waals surface area contributed by atoms with Crippen LogP contribution in [0.3, 0.4) is 0 Å². The van der Waals surface area contributed by atoms with Crippen molar-refractivity contribution in [2.75, 3.05) is 0 Å². The molecule has 1 N–H and O–H groups in total. The Hall–Kier alpha value is -0.300. The van der Waals surface area contributed by atoms with E-state index in [4.69, 9.17) is 0 Å². The highest BCUT2D eigenvalue weighted by atomic mass is 16.3. The Morgan fingerprint density at radius 2 is 1.55 bits per heavy atom. The minimum absolute atomic E-state index is 0.0630. The SMILES string of the molecule is CC1C(O)CCC2(C)C1CCC1(C)C3CCC4(C)CCC(C)(C)CC4C3=CCC12. The molecule has 0 radical (unpaired) electrons. The van der Waals surface area contributed by atoms with Gasteiger partial charge in [-0.3, -0.25) is 0 Å². The normalized spacial score (nSPS) is 56.3. The van der Waals surface area contributed by atoms with Crippen molar-refractivity contribution in [1.82, 2.24) is 0 Å². The van der Waals surface area contributed by atoms with E-state index in [-0.39, 0.29) is 6.10 Å². The number of aliphatic hydroxyl groups is 1. The molecule has 0 aliphatic heterocycles. The largest absolute Gasteiger partial charge is 0.393 e. The fraction of sp³-hybridized carbons (Fsp3) is 0.929. The van der Waals surface area contributed by atoms with Crippen molar-refractivity contribution in [3.63, 3.8) is 0 Å². The zero-order valence-corrected chi connectivity index (χ0v) is 20.1. The van der Waals surface area contributed by atoms with Crippen LogP contribution in [0, 0.1) is 51.2 Å². The van der Waals surface area contributed by atoms with Crippen LogP contribution in [0.4, 0.5) is 0 Å². The third-order valence-corrected chi connectivity index (χ3v) is 11.8. The molecule has 0 amide bonds. The molecule has 5 aliphatic carbocycles. The van der Waals surface area contributed by atoms with Crippen LogP contribution < -0.4 is 0 Å². The van der Waals surface area contributed by atoms with E-state index in [1.165, 1.54) is 57.8 Å². The standard InChI is InChI=1S/C28H46O/c1-18-20-10-13-28(6)21-9-12-26(4)16-15-25(2,3)17-22(26)19(21)7-8-24(28)27(20,5)14-11-23(18)29/h7,18,20-24,29H,8-17H2,1-6H3. The van der Waals surface area contributed by atoms with Crippen molar-refractivity contribution < 1.29 is 5.11 Å². The van der Waals surface area contributed by atoms with Crippen molar-refractivity contribution in [1.29, 1.82) is 0 Å². The van der Waals surface area contributed by atoms with Crippen molar-refractivity contribution >= 4 is 0 Å². The number of aliphatic hydroxyl groups excluding tert-OH is 1. The van der Waals surface area contributed by atoms with Gasteiger partial charge in [0.1, 0.15) is 0 Å². The van der Waals surface area contributed by atoms with Crippen LogP contribution in [-0.2, 0) is 0 Å². The predicted molar refractivity (Wildman–Crippen MR) is 121 cm³/mol. The van der Waals surface area contributed by atoms with Crippen LogP contribution in [0.1, 0.15) is 106 Å². The van der Waals surface area contributed by atoms with Gasteiger partial charge in [0.15, 0.2) is 0 Å². The minimum Gasteiger partial charge on any atom is -0.393 e. The van der Waals surface area contributed by atoms with Gasteiger partial charge in [0, 0.05) is 0 Å². The lowest BCUT2D eigenvalue weighted by Crippen LogP contribution is -2.59. The van der Waals surface area contributed by atoms with E-state index < -0.39 is 0 Å². The van der Waals surface area contributed by atoms with Gasteiger partial charge in [-0.05, 0) is 115 Å². The second-order valence-corrected chi connectivity index (χ2v) is 13.8. The molecule has 9 atom stereocenters. The van der Waals surface area contributed by atoms with Crippen LogP contribution in [0.25, 0.3) is 0 Å². The van der Waals surface area contributed by atoms with Gasteiger partial charge in [-0.15, -0.1) is 0 Å². The highest BCUT2D eigenvalue weighted by Gasteiger charge is 2.62. The first-order chi connectivity index (χ1) is 13.5. The minimum atomic E-state index is -0.0630. The van der Waals surface area contributed by atoms with Gasteiger partial charge in [-0.25, -0.2) is 0 Å². The Balaban J connectivity index is 1.51. The summed E-state index contributed by atoms with van der Waals surface area (Å²) in [6.45, 7) is 15.3. The fourth-order valence-corrected chi connectivity index (χ4v) is 9.80. The van der Waals surface area contributed by atoms with Gasteiger partial charge in [0.25, 0.3) is 0 Å². The summed E-state index contributed by atoms with van der Waals surface area (Å²) in [4.78, 5) is 0. The second-order valence-electron chi connectivity index (χ2n) is 13.8. The molecular weight excluding hydrogens is 352 g/mol. The zero-order valence-electron chi connectivity index (χ0n) is 20.1. The molecule has 0 spiro atoms. The molecule has 1 nitrogen and oxygen atoms in total. The van der Waals surface area contributed by atoms with E-state index in [1.807, 2.05) is 5.57 Å². The highest BCUT2D eigenvalue weighted by Crippen LogP contribution is 2.70. The smallest absolute Gasteiger partial charge is 0.0568 e. The molecule has 0 bridgehead atoms.